The minimum absolute atomic E-state index is 0.619. The molecule has 19 heavy (non-hydrogen) atoms. The maximum absolute atomic E-state index is 9.32. The molecule has 4 nitrogen and oxygen atoms in total. The highest BCUT2D eigenvalue weighted by molar-refractivity contribution is 5.58. The smallest absolute Gasteiger partial charge is 0.147 e. The molecule has 0 saturated heterocycles. The topological polar surface area (TPSA) is 53.1 Å². The molecule has 0 N–H and O–H groups in total. The minimum atomic E-state index is 0.619. The van der Waals surface area contributed by atoms with Gasteiger partial charge in [0.2, 0.25) is 0 Å². The molecule has 0 radical (unpaired) electrons. The lowest BCUT2D eigenvalue weighted by atomic mass is 10.1. The van der Waals surface area contributed by atoms with Crippen molar-refractivity contribution in [3.05, 3.63) is 47.0 Å². The second-order valence-corrected chi connectivity index (χ2v) is 4.48. The lowest BCUT2D eigenvalue weighted by molar-refractivity contribution is 0.502. The van der Waals surface area contributed by atoms with Gasteiger partial charge in [-0.1, -0.05) is 0 Å². The highest BCUT2D eigenvalue weighted by atomic mass is 16.3. The van der Waals surface area contributed by atoms with Gasteiger partial charge in [-0.3, -0.25) is 0 Å². The van der Waals surface area contributed by atoms with E-state index < -0.39 is 0 Å². The third kappa shape index (κ3) is 2.76. The number of nitrogens with zero attached hydrogens (tertiary/aromatic N) is 3. The van der Waals surface area contributed by atoms with Gasteiger partial charge < -0.3 is 9.32 Å². The summed E-state index contributed by atoms with van der Waals surface area (Å²) in [4.78, 5) is 6.57. The van der Waals surface area contributed by atoms with Crippen molar-refractivity contribution in [2.24, 2.45) is 0 Å². The van der Waals surface area contributed by atoms with Crippen molar-refractivity contribution in [2.75, 3.05) is 11.4 Å². The zero-order chi connectivity index (χ0) is 13.8. The molecule has 0 amide bonds. The Morgan fingerprint density at radius 1 is 1.42 bits per heavy atom. The number of anilines is 1. The first-order valence-corrected chi connectivity index (χ1v) is 6.31. The standard InChI is InChI=1S/C15H17N3O/c1-4-18(10-13-6-5-7-19-13)15-14(9-16)11(2)8-12(3)17-15/h5-8H,4,10H2,1-3H3. The Hall–Kier alpha value is -2.28. The molecule has 0 aromatic carbocycles. The van der Waals surface area contributed by atoms with Crippen molar-refractivity contribution < 1.29 is 4.42 Å². The van der Waals surface area contributed by atoms with Crippen molar-refractivity contribution in [1.29, 1.82) is 5.26 Å². The number of hydrogen-bond acceptors (Lipinski definition) is 4. The van der Waals surface area contributed by atoms with E-state index in [0.717, 1.165) is 29.4 Å². The lowest BCUT2D eigenvalue weighted by Crippen LogP contribution is -2.24. The molecule has 0 saturated carbocycles. The Morgan fingerprint density at radius 2 is 2.21 bits per heavy atom. The van der Waals surface area contributed by atoms with Crippen LogP contribution in [-0.2, 0) is 6.54 Å². The van der Waals surface area contributed by atoms with Gasteiger partial charge in [0.05, 0.1) is 18.4 Å². The average Bonchev–Trinajstić information content (AvgIpc) is 2.88. The average molecular weight is 255 g/mol. The van der Waals surface area contributed by atoms with Gasteiger partial charge in [0.1, 0.15) is 17.6 Å². The summed E-state index contributed by atoms with van der Waals surface area (Å²) in [5, 5.41) is 9.32. The van der Waals surface area contributed by atoms with Gasteiger partial charge >= 0.3 is 0 Å². The predicted octanol–water partition coefficient (Wildman–Crippen LogP) is 3.19. The zero-order valence-electron chi connectivity index (χ0n) is 11.5. The van der Waals surface area contributed by atoms with Crippen LogP contribution in [0.3, 0.4) is 0 Å². The van der Waals surface area contributed by atoms with E-state index in [2.05, 4.69) is 16.0 Å². The Kier molecular flexibility index (Phi) is 3.86. The molecule has 4 heteroatoms. The quantitative estimate of drug-likeness (QED) is 0.842. The summed E-state index contributed by atoms with van der Waals surface area (Å²) in [5.41, 5.74) is 2.52. The van der Waals surface area contributed by atoms with Crippen LogP contribution in [0.4, 0.5) is 5.82 Å². The summed E-state index contributed by atoms with van der Waals surface area (Å²) in [6, 6.07) is 7.98. The van der Waals surface area contributed by atoms with E-state index in [-0.39, 0.29) is 0 Å². The fourth-order valence-corrected chi connectivity index (χ4v) is 2.11. The molecule has 98 valence electrons. The zero-order valence-corrected chi connectivity index (χ0v) is 11.5. The fourth-order valence-electron chi connectivity index (χ4n) is 2.11. The molecular weight excluding hydrogens is 238 g/mol. The molecule has 0 unspecified atom stereocenters. The first-order chi connectivity index (χ1) is 9.15. The van der Waals surface area contributed by atoms with Crippen LogP contribution in [0.15, 0.2) is 28.9 Å². The monoisotopic (exact) mass is 255 g/mol. The van der Waals surface area contributed by atoms with Crippen molar-refractivity contribution >= 4 is 5.82 Å². The van der Waals surface area contributed by atoms with Crippen molar-refractivity contribution in [3.8, 4) is 6.07 Å². The number of hydrogen-bond donors (Lipinski definition) is 0. The second kappa shape index (κ2) is 5.57. The first kappa shape index (κ1) is 13.2. The van der Waals surface area contributed by atoms with E-state index in [1.54, 1.807) is 6.26 Å². The van der Waals surface area contributed by atoms with Gasteiger partial charge in [-0.05, 0) is 44.5 Å². The number of furan rings is 1. The van der Waals surface area contributed by atoms with Crippen LogP contribution < -0.4 is 4.90 Å². The molecule has 2 aromatic heterocycles. The van der Waals surface area contributed by atoms with E-state index in [0.29, 0.717) is 12.1 Å². The largest absolute Gasteiger partial charge is 0.467 e. The first-order valence-electron chi connectivity index (χ1n) is 6.31. The van der Waals surface area contributed by atoms with E-state index >= 15 is 0 Å². The van der Waals surface area contributed by atoms with Crippen molar-refractivity contribution in [3.63, 3.8) is 0 Å². The number of pyridine rings is 1. The van der Waals surface area contributed by atoms with Crippen LogP contribution in [0, 0.1) is 25.2 Å². The summed E-state index contributed by atoms with van der Waals surface area (Å²) in [5.74, 6) is 1.60. The van der Waals surface area contributed by atoms with Crippen LogP contribution in [0.2, 0.25) is 0 Å². The summed E-state index contributed by atoms with van der Waals surface area (Å²) in [7, 11) is 0. The second-order valence-electron chi connectivity index (χ2n) is 4.48. The predicted molar refractivity (Wildman–Crippen MR) is 73.9 cm³/mol. The normalized spacial score (nSPS) is 10.2. The maximum atomic E-state index is 9.32. The summed E-state index contributed by atoms with van der Waals surface area (Å²) in [6.07, 6.45) is 1.66. The SMILES string of the molecule is CCN(Cc1ccco1)c1nc(C)cc(C)c1C#N. The van der Waals surface area contributed by atoms with Gasteiger partial charge in [-0.25, -0.2) is 4.98 Å². The van der Waals surface area contributed by atoms with E-state index in [1.165, 1.54) is 0 Å². The molecule has 0 bridgehead atoms. The van der Waals surface area contributed by atoms with Gasteiger partial charge in [0, 0.05) is 12.2 Å². The molecule has 2 aromatic rings. The minimum Gasteiger partial charge on any atom is -0.467 e. The lowest BCUT2D eigenvalue weighted by Gasteiger charge is -2.23. The Morgan fingerprint density at radius 3 is 2.79 bits per heavy atom. The number of aryl methyl sites for hydroxylation is 2. The highest BCUT2D eigenvalue weighted by Crippen LogP contribution is 2.23. The fraction of sp³-hybridized carbons (Fsp3) is 0.333. The Labute approximate surface area is 113 Å². The number of nitriles is 1. The van der Waals surface area contributed by atoms with Crippen molar-refractivity contribution in [1.82, 2.24) is 4.98 Å². The molecular formula is C15H17N3O. The summed E-state index contributed by atoms with van der Waals surface area (Å²) < 4.78 is 5.37. The molecule has 0 aliphatic carbocycles. The molecule has 2 rings (SSSR count). The van der Waals surface area contributed by atoms with Gasteiger partial charge in [0.25, 0.3) is 0 Å². The third-order valence-electron chi connectivity index (χ3n) is 3.05. The molecule has 0 atom stereocenters. The van der Waals surface area contributed by atoms with Gasteiger partial charge in [-0.15, -0.1) is 0 Å². The van der Waals surface area contributed by atoms with Crippen molar-refractivity contribution in [2.45, 2.75) is 27.3 Å². The molecule has 2 heterocycles. The molecule has 0 fully saturated rings. The van der Waals surface area contributed by atoms with Crippen LogP contribution in [0.25, 0.3) is 0 Å². The van der Waals surface area contributed by atoms with Gasteiger partial charge in [0.15, 0.2) is 0 Å². The molecule has 0 aliphatic rings. The Balaban J connectivity index is 2.40. The number of rotatable bonds is 4. The number of aromatic nitrogens is 1. The van der Waals surface area contributed by atoms with Crippen LogP contribution in [0.1, 0.15) is 29.5 Å². The molecule has 0 spiro atoms. The maximum Gasteiger partial charge on any atom is 0.147 e. The Bertz CT molecular complexity index is 597. The van der Waals surface area contributed by atoms with E-state index in [9.17, 15) is 5.26 Å². The van der Waals surface area contributed by atoms with E-state index in [1.807, 2.05) is 39.0 Å². The van der Waals surface area contributed by atoms with Crippen LogP contribution in [-0.4, -0.2) is 11.5 Å². The third-order valence-corrected chi connectivity index (χ3v) is 3.05. The molecule has 0 aliphatic heterocycles. The summed E-state index contributed by atoms with van der Waals surface area (Å²) in [6.45, 7) is 7.32. The van der Waals surface area contributed by atoms with Crippen LogP contribution >= 0.6 is 0 Å². The highest BCUT2D eigenvalue weighted by Gasteiger charge is 2.15. The van der Waals surface area contributed by atoms with Gasteiger partial charge in [-0.2, -0.15) is 5.26 Å². The summed E-state index contributed by atoms with van der Waals surface area (Å²) >= 11 is 0. The van der Waals surface area contributed by atoms with E-state index in [4.69, 9.17) is 4.42 Å². The van der Waals surface area contributed by atoms with Crippen LogP contribution in [0.5, 0.6) is 0 Å².